The molecule has 15 nitrogen and oxygen atoms in total. The first-order chi connectivity index (χ1) is 33.3. The van der Waals surface area contributed by atoms with Crippen LogP contribution in [0.2, 0.25) is 0 Å². The summed E-state index contributed by atoms with van der Waals surface area (Å²) in [5.41, 5.74) is 5.48. The number of rotatable bonds is 22. The number of hydrogen-bond acceptors (Lipinski definition) is 13. The third-order valence-corrected chi connectivity index (χ3v) is 15.0. The Hall–Kier alpha value is -1.41. The number of ether oxygens (including phenoxy) is 2. The van der Waals surface area contributed by atoms with Crippen molar-refractivity contribution < 1.29 is 72.8 Å². The molecule has 4 rings (SSSR count). The minimum atomic E-state index is -3.64. The number of carbonyl (C=O) groups is 5. The number of halogens is 8. The van der Waals surface area contributed by atoms with Crippen LogP contribution in [0.4, 0.5) is 17.6 Å². The Morgan fingerprint density at radius 2 is 1.15 bits per heavy atom. The maximum absolute atomic E-state index is 13.0. The number of likely N-dealkylation sites (N-methyl/N-ethyl adjacent to an activating group) is 1. The van der Waals surface area contributed by atoms with Crippen LogP contribution in [0.3, 0.4) is 0 Å². The van der Waals surface area contributed by atoms with Crippen molar-refractivity contribution in [3.05, 3.63) is 54.4 Å². The zero-order chi connectivity index (χ0) is 55.6. The first kappa shape index (κ1) is 73.7. The van der Waals surface area contributed by atoms with E-state index in [-0.39, 0.29) is 79.8 Å². The SMILES string of the molecule is Cc1ccc(S(=O)(=O)CC(C)(C)CCCC=O)cc1OCC(F)F.Cc1ccc(S(=O)(=O)CC(C)(C)CCCCN(C)C2CCC(=O)NC2=O)cc1OCC(F)F.Cl.NC1CCC(=O)NC1=O.[CH2-]C.[I][V]([I])[I]. The molecule has 2 aromatic carbocycles. The molecule has 0 radical (unpaired) electrons. The molecule has 0 bridgehead atoms. The molecule has 0 saturated carbocycles. The third kappa shape index (κ3) is 31.6. The molecule has 2 aromatic rings. The molecule has 2 saturated heterocycles. The van der Waals surface area contributed by atoms with E-state index in [2.05, 4.69) is 77.5 Å². The van der Waals surface area contributed by atoms with Gasteiger partial charge in [0.2, 0.25) is 23.6 Å². The number of alkyl halides is 4. The van der Waals surface area contributed by atoms with Gasteiger partial charge in [-0.2, -0.15) is 6.92 Å². The van der Waals surface area contributed by atoms with Gasteiger partial charge < -0.3 is 26.9 Å². The summed E-state index contributed by atoms with van der Waals surface area (Å²) in [6.45, 7) is 14.9. The third-order valence-electron chi connectivity index (χ3n) is 10.7. The molecule has 4 amide bonds. The Balaban J connectivity index is 0. The second-order valence-corrected chi connectivity index (χ2v) is 57.7. The van der Waals surface area contributed by atoms with E-state index in [1.54, 1.807) is 32.9 Å². The van der Waals surface area contributed by atoms with Crippen molar-refractivity contribution in [3.63, 3.8) is 0 Å². The predicted octanol–water partition coefficient (Wildman–Crippen LogP) is 9.82. The van der Waals surface area contributed by atoms with Crippen LogP contribution in [-0.2, 0) is 48.6 Å². The summed E-state index contributed by atoms with van der Waals surface area (Å²) < 4.78 is 111. The number of aryl methyl sites for hydroxylation is 2. The molecule has 73 heavy (non-hydrogen) atoms. The van der Waals surface area contributed by atoms with Crippen LogP contribution in [0.15, 0.2) is 46.2 Å². The minimum absolute atomic E-state index is 0. The van der Waals surface area contributed by atoms with Crippen molar-refractivity contribution in [2.24, 2.45) is 16.6 Å². The van der Waals surface area contributed by atoms with Crippen LogP contribution in [-0.4, -0.2) is 115 Å². The molecule has 0 aliphatic carbocycles. The topological polar surface area (TPSA) is 225 Å². The van der Waals surface area contributed by atoms with Gasteiger partial charge in [0.1, 0.15) is 31.0 Å². The number of unbranched alkanes of at least 4 members (excludes halogenated alkanes) is 2. The number of carbonyl (C=O) groups excluding carboxylic acids is 5. The van der Waals surface area contributed by atoms with E-state index in [0.717, 1.165) is 19.1 Å². The fraction of sp³-hybridized carbons (Fsp3) is 0.617. The van der Waals surface area contributed by atoms with E-state index in [1.807, 2.05) is 39.6 Å². The van der Waals surface area contributed by atoms with Crippen LogP contribution < -0.4 is 25.8 Å². The van der Waals surface area contributed by atoms with Gasteiger partial charge in [-0.3, -0.25) is 34.7 Å². The van der Waals surface area contributed by atoms with Gasteiger partial charge in [0.25, 0.3) is 12.9 Å². The number of piperidine rings is 2. The van der Waals surface area contributed by atoms with Gasteiger partial charge in [-0.25, -0.2) is 34.4 Å². The Kier molecular flexibility index (Phi) is 37.0. The van der Waals surface area contributed by atoms with Gasteiger partial charge in [-0.1, -0.05) is 46.2 Å². The number of hydrogen-bond donors (Lipinski definition) is 3. The van der Waals surface area contributed by atoms with Crippen LogP contribution >= 0.6 is 72.3 Å². The monoisotopic (exact) mass is 1480 g/mol. The summed E-state index contributed by atoms with van der Waals surface area (Å²) in [5, 5.41) is 4.48. The number of aldehydes is 1. The van der Waals surface area contributed by atoms with Crippen molar-refractivity contribution in [3.8, 4) is 11.5 Å². The first-order valence-electron chi connectivity index (χ1n) is 22.8. The molecule has 26 heteroatoms. The van der Waals surface area contributed by atoms with Gasteiger partial charge in [0, 0.05) is 19.3 Å². The molecule has 2 fully saturated rings. The quantitative estimate of drug-likeness (QED) is 0.0250. The van der Waals surface area contributed by atoms with Crippen LogP contribution in [0.5, 0.6) is 11.5 Å². The zero-order valence-corrected chi connectivity index (χ0v) is 52.8. The second kappa shape index (κ2) is 36.6. The first-order valence-corrected chi connectivity index (χ1v) is 39.7. The summed E-state index contributed by atoms with van der Waals surface area (Å²) in [4.78, 5) is 56.4. The van der Waals surface area contributed by atoms with Crippen LogP contribution in [0.1, 0.15) is 110 Å². The standard InChI is InChI=1S/C23H34F2N2O5S.C17H24F2O4S.C5H8N2O2.C2H5.ClH.3HI.V/c1-16-7-8-17(13-19(16)32-14-20(24)25)33(30,31)15-23(2,3)11-5-6-12-27(4)18-9-10-21(28)26-22(18)29;1-13-6-7-14(10-15(13)23-11-16(18)19)24(21,22)12-17(2,3)8-4-5-9-20;6-3-1-2-4(8)7-5(3)9;1-2;;;;;/h7-8,13,18,20H,5-6,9-12,14-15H2,1-4H3,(H,26,28,29);6-7,9-10,16H,4-5,8,11-12H2,1-3H3;3H,1-2,6H2,(H,7,8,9);1H2,2H3;4*1H;/q;;;-1;;;;;+3/p-3. The average molecular weight is 1480 g/mol. The second-order valence-electron chi connectivity index (χ2n) is 18.3. The Morgan fingerprint density at radius 1 is 0.753 bits per heavy atom. The van der Waals surface area contributed by atoms with Crippen molar-refractivity contribution in [2.75, 3.05) is 38.3 Å². The number of benzene rings is 2. The molecule has 2 aliphatic rings. The molecule has 420 valence electrons. The number of amides is 4. The van der Waals surface area contributed by atoms with Gasteiger partial charge in [-0.15, -0.1) is 12.4 Å². The van der Waals surface area contributed by atoms with Gasteiger partial charge in [0.05, 0.1) is 33.4 Å². The van der Waals surface area contributed by atoms with Crippen molar-refractivity contribution in [2.45, 2.75) is 147 Å². The van der Waals surface area contributed by atoms with E-state index in [9.17, 15) is 58.4 Å². The normalized spacial score (nSPS) is 16.0. The number of imide groups is 2. The predicted molar refractivity (Wildman–Crippen MR) is 300 cm³/mol. The average Bonchev–Trinajstić information content (AvgIpc) is 3.26. The molecule has 2 atom stereocenters. The van der Waals surface area contributed by atoms with E-state index < -0.39 is 62.6 Å². The van der Waals surface area contributed by atoms with Gasteiger partial charge in [0.15, 0.2) is 19.7 Å². The molecule has 2 unspecified atom stereocenters. The fourth-order valence-electron chi connectivity index (χ4n) is 7.10. The molecule has 2 heterocycles. The van der Waals surface area contributed by atoms with Crippen molar-refractivity contribution in [1.29, 1.82) is 0 Å². The van der Waals surface area contributed by atoms with E-state index in [1.165, 1.54) is 24.3 Å². The number of nitrogens with zero attached hydrogens (tertiary/aromatic N) is 1. The molecule has 0 spiro atoms. The van der Waals surface area contributed by atoms with Crippen LogP contribution in [0, 0.1) is 31.6 Å². The Labute approximate surface area is 473 Å². The van der Waals surface area contributed by atoms with E-state index >= 15 is 0 Å². The van der Waals surface area contributed by atoms with Crippen molar-refractivity contribution >= 4 is 122 Å². The van der Waals surface area contributed by atoms with E-state index in [4.69, 9.17) is 15.2 Å². The summed E-state index contributed by atoms with van der Waals surface area (Å²) in [5.74, 6) is -0.964. The Morgan fingerprint density at radius 3 is 1.52 bits per heavy atom. The number of nitrogens with one attached hydrogen (secondary N) is 2. The van der Waals surface area contributed by atoms with Gasteiger partial charge in [-0.05, 0) is 112 Å². The fourth-order valence-corrected chi connectivity index (χ4v) is 10.9. The zero-order valence-electron chi connectivity index (χ0n) is 42.5. The molecule has 0 aromatic heterocycles. The number of nitrogens with two attached hydrogens (primary N) is 1. The van der Waals surface area contributed by atoms with Crippen LogP contribution in [0.25, 0.3) is 0 Å². The summed E-state index contributed by atoms with van der Waals surface area (Å²) >= 11 is 7.39. The summed E-state index contributed by atoms with van der Waals surface area (Å²) in [7, 11) is -5.38. The van der Waals surface area contributed by atoms with E-state index in [0.29, 0.717) is 69.0 Å². The summed E-state index contributed by atoms with van der Waals surface area (Å²) in [6.07, 6.45) is 1.09. The van der Waals surface area contributed by atoms with Crippen molar-refractivity contribution in [1.82, 2.24) is 15.5 Å². The van der Waals surface area contributed by atoms with Gasteiger partial charge >= 0.3 is 64.9 Å². The Bertz CT molecular complexity index is 2270. The molecule has 2 aliphatic heterocycles. The molecular formula is C47H72ClF4I3N4O11S2V-. The summed E-state index contributed by atoms with van der Waals surface area (Å²) in [6, 6.07) is 7.86. The maximum atomic E-state index is 13.0. The molecular weight excluding hydrogens is 1400 g/mol. The molecule has 4 N–H and O–H groups in total. The number of sulfone groups is 2.